The average molecular weight is 389 g/mol. The number of nitrogens with zero attached hydrogens (tertiary/aromatic N) is 2. The average Bonchev–Trinajstić information content (AvgIpc) is 2.65. The Balaban J connectivity index is 1.85. The molecule has 1 aromatic rings. The minimum atomic E-state index is -0.562. The molecule has 1 aromatic carbocycles. The standard InChI is InChI=1S/C21H32N4O3/c1-21(2,3)28-20(27)24-11-12-25-16-8-6-7-15(13-16)17(22)9-4-5-10-23-19(26)18(25)14-24/h6-8,13,17-18H,4-5,9-12,14,22H2,1-3H3,(H,23,26)/t17-,18+/m0/s1. The fraction of sp³-hybridized carbons (Fsp3) is 0.619. The lowest BCUT2D eigenvalue weighted by molar-refractivity contribution is -0.123. The van der Waals surface area contributed by atoms with Crippen LogP contribution in [0.15, 0.2) is 24.3 Å². The molecule has 3 N–H and O–H groups in total. The largest absolute Gasteiger partial charge is 0.444 e. The normalized spacial score (nSPS) is 23.8. The van der Waals surface area contributed by atoms with Crippen molar-refractivity contribution in [3.05, 3.63) is 29.8 Å². The quantitative estimate of drug-likeness (QED) is 0.713. The molecule has 2 amide bonds. The number of benzene rings is 1. The van der Waals surface area contributed by atoms with Crippen LogP contribution in [0.4, 0.5) is 10.5 Å². The molecular weight excluding hydrogens is 356 g/mol. The van der Waals surface area contributed by atoms with Gasteiger partial charge in [-0.2, -0.15) is 0 Å². The Morgan fingerprint density at radius 3 is 2.79 bits per heavy atom. The van der Waals surface area contributed by atoms with Crippen LogP contribution in [0, 0.1) is 0 Å². The van der Waals surface area contributed by atoms with Gasteiger partial charge < -0.3 is 25.6 Å². The summed E-state index contributed by atoms with van der Waals surface area (Å²) in [5, 5.41) is 3.03. The molecule has 3 rings (SSSR count). The van der Waals surface area contributed by atoms with Gasteiger partial charge in [0.15, 0.2) is 0 Å². The number of anilines is 1. The van der Waals surface area contributed by atoms with Crippen molar-refractivity contribution >= 4 is 17.7 Å². The van der Waals surface area contributed by atoms with Gasteiger partial charge >= 0.3 is 6.09 Å². The molecule has 7 heteroatoms. The molecule has 28 heavy (non-hydrogen) atoms. The molecule has 0 unspecified atom stereocenters. The van der Waals surface area contributed by atoms with E-state index in [0.717, 1.165) is 30.5 Å². The molecule has 2 aliphatic rings. The molecule has 0 aromatic heterocycles. The zero-order valence-corrected chi connectivity index (χ0v) is 17.1. The summed E-state index contributed by atoms with van der Waals surface area (Å²) < 4.78 is 5.51. The van der Waals surface area contributed by atoms with Gasteiger partial charge in [-0.25, -0.2) is 4.79 Å². The highest BCUT2D eigenvalue weighted by molar-refractivity contribution is 5.86. The fourth-order valence-corrected chi connectivity index (χ4v) is 3.73. The summed E-state index contributed by atoms with van der Waals surface area (Å²) >= 11 is 0. The number of rotatable bonds is 0. The molecule has 7 nitrogen and oxygen atoms in total. The van der Waals surface area contributed by atoms with Gasteiger partial charge in [0.2, 0.25) is 5.91 Å². The van der Waals surface area contributed by atoms with Crippen LogP contribution < -0.4 is 16.0 Å². The van der Waals surface area contributed by atoms with Gasteiger partial charge in [0, 0.05) is 31.4 Å². The van der Waals surface area contributed by atoms with Crippen molar-refractivity contribution in [1.29, 1.82) is 0 Å². The van der Waals surface area contributed by atoms with Gasteiger partial charge in [0.25, 0.3) is 0 Å². The number of ether oxygens (including phenoxy) is 1. The van der Waals surface area contributed by atoms with Gasteiger partial charge in [-0.15, -0.1) is 0 Å². The minimum Gasteiger partial charge on any atom is -0.444 e. The van der Waals surface area contributed by atoms with Crippen molar-refractivity contribution in [2.75, 3.05) is 31.1 Å². The molecule has 2 heterocycles. The van der Waals surface area contributed by atoms with Crippen LogP contribution in [0.3, 0.4) is 0 Å². The molecule has 2 aliphatic heterocycles. The lowest BCUT2D eigenvalue weighted by atomic mass is 9.99. The maximum atomic E-state index is 12.9. The highest BCUT2D eigenvalue weighted by Gasteiger charge is 2.36. The lowest BCUT2D eigenvalue weighted by Crippen LogP contribution is -2.60. The van der Waals surface area contributed by atoms with Crippen molar-refractivity contribution in [2.24, 2.45) is 5.73 Å². The topological polar surface area (TPSA) is 87.9 Å². The highest BCUT2D eigenvalue weighted by atomic mass is 16.6. The molecule has 0 radical (unpaired) electrons. The Morgan fingerprint density at radius 1 is 1.25 bits per heavy atom. The maximum absolute atomic E-state index is 12.9. The van der Waals surface area contributed by atoms with Gasteiger partial charge in [-0.05, 0) is 57.7 Å². The second kappa shape index (κ2) is 8.39. The zero-order chi connectivity index (χ0) is 20.3. The maximum Gasteiger partial charge on any atom is 0.410 e. The van der Waals surface area contributed by atoms with Crippen molar-refractivity contribution < 1.29 is 14.3 Å². The summed E-state index contributed by atoms with van der Waals surface area (Å²) in [6.07, 6.45) is 2.38. The van der Waals surface area contributed by atoms with Crippen molar-refractivity contribution in [3.63, 3.8) is 0 Å². The van der Waals surface area contributed by atoms with Gasteiger partial charge in [0.1, 0.15) is 11.6 Å². The van der Waals surface area contributed by atoms with E-state index in [0.29, 0.717) is 26.2 Å². The molecule has 0 saturated carbocycles. The summed E-state index contributed by atoms with van der Waals surface area (Å²) in [6, 6.07) is 7.67. The van der Waals surface area contributed by atoms with Gasteiger partial charge in [-0.3, -0.25) is 4.79 Å². The van der Waals surface area contributed by atoms with E-state index in [-0.39, 0.29) is 18.0 Å². The number of nitrogens with one attached hydrogen (secondary N) is 1. The first-order valence-electron chi connectivity index (χ1n) is 10.1. The summed E-state index contributed by atoms with van der Waals surface area (Å²) in [4.78, 5) is 29.2. The van der Waals surface area contributed by atoms with Crippen LogP contribution in [-0.2, 0) is 9.53 Å². The third-order valence-electron chi connectivity index (χ3n) is 5.21. The molecule has 0 spiro atoms. The van der Waals surface area contributed by atoms with Crippen molar-refractivity contribution in [2.45, 2.75) is 57.7 Å². The number of hydrogen-bond acceptors (Lipinski definition) is 5. The smallest absolute Gasteiger partial charge is 0.410 e. The number of fused-ring (bicyclic) bond motifs is 4. The number of piperazine rings is 1. The predicted molar refractivity (Wildman–Crippen MR) is 109 cm³/mol. The first-order valence-corrected chi connectivity index (χ1v) is 10.1. The highest BCUT2D eigenvalue weighted by Crippen LogP contribution is 2.27. The van der Waals surface area contributed by atoms with Crippen LogP contribution in [0.2, 0.25) is 0 Å². The van der Waals surface area contributed by atoms with Crippen molar-refractivity contribution in [3.8, 4) is 0 Å². The Bertz CT molecular complexity index is 716. The number of carbonyl (C=O) groups is 2. The first kappa shape index (κ1) is 20.5. The minimum absolute atomic E-state index is 0.00317. The SMILES string of the molecule is CC(C)(C)OC(=O)N1CCN2c3cccc(c3)[C@@H](N)CCCCNC(=O)[C@H]2C1. The van der Waals surface area contributed by atoms with Crippen LogP contribution in [0.5, 0.6) is 0 Å². The Morgan fingerprint density at radius 2 is 2.04 bits per heavy atom. The monoisotopic (exact) mass is 388 g/mol. The summed E-state index contributed by atoms with van der Waals surface area (Å²) in [7, 11) is 0. The van der Waals surface area contributed by atoms with Crippen LogP contribution in [0.25, 0.3) is 0 Å². The predicted octanol–water partition coefficient (Wildman–Crippen LogP) is 2.41. The number of nitrogens with two attached hydrogens (primary N) is 1. The van der Waals surface area contributed by atoms with E-state index in [9.17, 15) is 9.59 Å². The number of amides is 2. The molecule has 1 fully saturated rings. The van der Waals surface area contributed by atoms with Crippen LogP contribution in [-0.4, -0.2) is 54.7 Å². The molecule has 0 aliphatic carbocycles. The molecule has 1 saturated heterocycles. The van der Waals surface area contributed by atoms with E-state index < -0.39 is 11.6 Å². The second-order valence-electron chi connectivity index (χ2n) is 8.62. The van der Waals surface area contributed by atoms with E-state index in [1.807, 2.05) is 39.0 Å². The van der Waals surface area contributed by atoms with E-state index in [4.69, 9.17) is 10.5 Å². The summed E-state index contributed by atoms with van der Waals surface area (Å²) in [6.45, 7) is 7.54. The van der Waals surface area contributed by atoms with Crippen LogP contribution >= 0.6 is 0 Å². The third kappa shape index (κ3) is 4.95. The molecule has 2 atom stereocenters. The molecular formula is C21H32N4O3. The Kier molecular flexibility index (Phi) is 6.13. The lowest BCUT2D eigenvalue weighted by Gasteiger charge is -2.42. The van der Waals surface area contributed by atoms with Crippen molar-refractivity contribution in [1.82, 2.24) is 10.2 Å². The molecule has 154 valence electrons. The summed E-state index contributed by atoms with van der Waals surface area (Å²) in [5.41, 5.74) is 7.86. The number of carbonyl (C=O) groups excluding carboxylic acids is 2. The Labute approximate surface area is 167 Å². The van der Waals surface area contributed by atoms with E-state index in [1.54, 1.807) is 4.90 Å². The zero-order valence-electron chi connectivity index (χ0n) is 17.1. The van der Waals surface area contributed by atoms with Gasteiger partial charge in [0.05, 0.1) is 6.54 Å². The van der Waals surface area contributed by atoms with E-state index in [2.05, 4.69) is 16.3 Å². The third-order valence-corrected chi connectivity index (χ3v) is 5.21. The van der Waals surface area contributed by atoms with E-state index >= 15 is 0 Å². The van der Waals surface area contributed by atoms with Gasteiger partial charge in [-0.1, -0.05) is 12.1 Å². The number of hydrogen-bond donors (Lipinski definition) is 2. The first-order chi connectivity index (χ1) is 13.2. The summed E-state index contributed by atoms with van der Waals surface area (Å²) in [5.74, 6) is -0.0523. The molecule has 2 bridgehead atoms. The Hall–Kier alpha value is -2.28. The second-order valence-corrected chi connectivity index (χ2v) is 8.62. The fourth-order valence-electron chi connectivity index (χ4n) is 3.73. The van der Waals surface area contributed by atoms with E-state index in [1.165, 1.54) is 0 Å². The van der Waals surface area contributed by atoms with Crippen LogP contribution in [0.1, 0.15) is 51.6 Å².